The van der Waals surface area contributed by atoms with E-state index in [1.54, 1.807) is 7.05 Å². The van der Waals surface area contributed by atoms with Gasteiger partial charge in [-0.25, -0.2) is 4.98 Å². The lowest BCUT2D eigenvalue weighted by Crippen LogP contribution is -2.57. The van der Waals surface area contributed by atoms with Crippen molar-refractivity contribution in [3.05, 3.63) is 4.88 Å². The summed E-state index contributed by atoms with van der Waals surface area (Å²) in [4.78, 5) is 19.3. The minimum atomic E-state index is -0.0877. The van der Waals surface area contributed by atoms with Crippen LogP contribution in [0.1, 0.15) is 22.5 Å². The Balaban J connectivity index is 1.69. The van der Waals surface area contributed by atoms with Crippen molar-refractivity contribution in [3.63, 3.8) is 0 Å². The average Bonchev–Trinajstić information content (AvgIpc) is 2.81. The van der Waals surface area contributed by atoms with E-state index >= 15 is 0 Å². The SMILES string of the molecule is CNc1nc(N)c(C(=O)NC2CN3CCC2CC3)s1. The topological polar surface area (TPSA) is 83.3 Å². The van der Waals surface area contributed by atoms with Crippen LogP contribution in [0.3, 0.4) is 0 Å². The van der Waals surface area contributed by atoms with E-state index in [2.05, 4.69) is 20.5 Å². The van der Waals surface area contributed by atoms with Crippen LogP contribution in [0.4, 0.5) is 10.9 Å². The third-order valence-electron chi connectivity index (χ3n) is 4.05. The van der Waals surface area contributed by atoms with E-state index in [0.29, 0.717) is 21.7 Å². The lowest BCUT2D eigenvalue weighted by molar-refractivity contribution is 0.0623. The van der Waals surface area contributed by atoms with Crippen LogP contribution in [-0.4, -0.2) is 48.5 Å². The Morgan fingerprint density at radius 1 is 1.47 bits per heavy atom. The van der Waals surface area contributed by atoms with Crippen LogP contribution in [0.5, 0.6) is 0 Å². The number of hydrogen-bond donors (Lipinski definition) is 3. The number of nitrogens with one attached hydrogen (secondary N) is 2. The van der Waals surface area contributed by atoms with Crippen LogP contribution in [0.2, 0.25) is 0 Å². The summed E-state index contributed by atoms with van der Waals surface area (Å²) in [5.74, 6) is 0.843. The molecule has 1 unspecified atom stereocenters. The number of hydrogen-bond acceptors (Lipinski definition) is 6. The number of anilines is 2. The number of fused-ring (bicyclic) bond motifs is 3. The summed E-state index contributed by atoms with van der Waals surface area (Å²) < 4.78 is 0. The van der Waals surface area contributed by atoms with Gasteiger partial charge in [0.15, 0.2) is 5.13 Å². The fourth-order valence-corrected chi connectivity index (χ4v) is 3.71. The zero-order valence-corrected chi connectivity index (χ0v) is 11.8. The van der Waals surface area contributed by atoms with Crippen molar-refractivity contribution in [2.45, 2.75) is 18.9 Å². The third kappa shape index (κ3) is 2.40. The van der Waals surface area contributed by atoms with E-state index in [-0.39, 0.29) is 11.9 Å². The Labute approximate surface area is 116 Å². The Morgan fingerprint density at radius 3 is 2.74 bits per heavy atom. The summed E-state index contributed by atoms with van der Waals surface area (Å²) in [7, 11) is 1.77. The third-order valence-corrected chi connectivity index (χ3v) is 5.13. The molecule has 19 heavy (non-hydrogen) atoms. The molecule has 1 amide bonds. The molecule has 3 aliphatic rings. The monoisotopic (exact) mass is 281 g/mol. The summed E-state index contributed by atoms with van der Waals surface area (Å²) in [6.45, 7) is 3.31. The second-order valence-electron chi connectivity index (χ2n) is 5.20. The predicted octanol–water partition coefficient (Wildman–Crippen LogP) is 0.591. The lowest BCUT2D eigenvalue weighted by Gasteiger charge is -2.44. The van der Waals surface area contributed by atoms with Crippen molar-refractivity contribution in [3.8, 4) is 0 Å². The maximum Gasteiger partial charge on any atom is 0.265 e. The molecular weight excluding hydrogens is 262 g/mol. The fraction of sp³-hybridized carbons (Fsp3) is 0.667. The second kappa shape index (κ2) is 4.97. The summed E-state index contributed by atoms with van der Waals surface area (Å²) in [6, 6.07) is 0.259. The molecule has 1 aromatic rings. The molecule has 4 rings (SSSR count). The summed E-state index contributed by atoms with van der Waals surface area (Å²) in [6.07, 6.45) is 2.37. The molecule has 0 radical (unpaired) electrons. The standard InChI is InChI=1S/C12H19N5OS/c1-14-12-16-10(13)9(19-12)11(18)15-8-6-17-4-2-7(8)3-5-17/h7-8H,2-6,13H2,1H3,(H,14,16)(H,15,18). The number of carbonyl (C=O) groups excluding carboxylic acids is 1. The van der Waals surface area contributed by atoms with E-state index in [4.69, 9.17) is 5.73 Å². The molecule has 0 aromatic carbocycles. The number of carbonyl (C=O) groups is 1. The van der Waals surface area contributed by atoms with E-state index in [1.165, 1.54) is 37.3 Å². The summed E-state index contributed by atoms with van der Waals surface area (Å²) in [5.41, 5.74) is 5.79. The molecule has 3 aliphatic heterocycles. The minimum absolute atomic E-state index is 0.0877. The van der Waals surface area contributed by atoms with E-state index in [9.17, 15) is 4.79 Å². The molecule has 1 aromatic heterocycles. The molecule has 4 N–H and O–H groups in total. The minimum Gasteiger partial charge on any atom is -0.382 e. The van der Waals surface area contributed by atoms with Crippen molar-refractivity contribution in [1.29, 1.82) is 0 Å². The zero-order valence-electron chi connectivity index (χ0n) is 11.0. The number of nitrogen functional groups attached to an aromatic ring is 1. The van der Waals surface area contributed by atoms with Gasteiger partial charge < -0.3 is 21.3 Å². The zero-order chi connectivity index (χ0) is 13.4. The average molecular weight is 281 g/mol. The van der Waals surface area contributed by atoms with Gasteiger partial charge in [-0.1, -0.05) is 11.3 Å². The highest BCUT2D eigenvalue weighted by Crippen LogP contribution is 2.29. The normalized spacial score (nSPS) is 29.2. The van der Waals surface area contributed by atoms with Crippen molar-refractivity contribution >= 4 is 28.2 Å². The summed E-state index contributed by atoms with van der Waals surface area (Å²) >= 11 is 1.30. The highest BCUT2D eigenvalue weighted by atomic mass is 32.1. The van der Waals surface area contributed by atoms with Gasteiger partial charge in [-0.2, -0.15) is 0 Å². The van der Waals surface area contributed by atoms with Crippen LogP contribution >= 0.6 is 11.3 Å². The Hall–Kier alpha value is -1.34. The molecule has 3 saturated heterocycles. The first kappa shape index (κ1) is 12.7. The quantitative estimate of drug-likeness (QED) is 0.755. The molecule has 3 fully saturated rings. The Kier molecular flexibility index (Phi) is 3.32. The largest absolute Gasteiger partial charge is 0.382 e. The first-order chi connectivity index (χ1) is 9.17. The Morgan fingerprint density at radius 2 is 2.21 bits per heavy atom. The number of piperidine rings is 3. The molecule has 0 aliphatic carbocycles. The maximum absolute atomic E-state index is 12.3. The number of aromatic nitrogens is 1. The van der Waals surface area contributed by atoms with Crippen molar-refractivity contribution in [2.24, 2.45) is 5.92 Å². The molecule has 104 valence electrons. The van der Waals surface area contributed by atoms with Gasteiger partial charge in [0, 0.05) is 19.6 Å². The molecule has 7 heteroatoms. The maximum atomic E-state index is 12.3. The number of thiazole rings is 1. The Bertz CT molecular complexity index is 480. The highest BCUT2D eigenvalue weighted by Gasteiger charge is 2.35. The van der Waals surface area contributed by atoms with Crippen LogP contribution in [0.15, 0.2) is 0 Å². The van der Waals surface area contributed by atoms with Gasteiger partial charge in [-0.15, -0.1) is 0 Å². The smallest absolute Gasteiger partial charge is 0.265 e. The van der Waals surface area contributed by atoms with Gasteiger partial charge in [0.1, 0.15) is 10.7 Å². The van der Waals surface area contributed by atoms with Crippen molar-refractivity contribution in [2.75, 3.05) is 37.7 Å². The molecule has 0 saturated carbocycles. The van der Waals surface area contributed by atoms with E-state index in [0.717, 1.165) is 6.54 Å². The molecule has 1 atom stereocenters. The van der Waals surface area contributed by atoms with Gasteiger partial charge in [0.2, 0.25) is 0 Å². The van der Waals surface area contributed by atoms with Crippen LogP contribution in [0.25, 0.3) is 0 Å². The molecule has 0 spiro atoms. The second-order valence-corrected chi connectivity index (χ2v) is 6.20. The van der Waals surface area contributed by atoms with Gasteiger partial charge >= 0.3 is 0 Å². The van der Waals surface area contributed by atoms with Gasteiger partial charge in [0.25, 0.3) is 5.91 Å². The molecule has 4 heterocycles. The van der Waals surface area contributed by atoms with Crippen LogP contribution < -0.4 is 16.4 Å². The van der Waals surface area contributed by atoms with Crippen LogP contribution in [0, 0.1) is 5.92 Å². The summed E-state index contributed by atoms with van der Waals surface area (Å²) in [5, 5.41) is 6.72. The number of nitrogens with zero attached hydrogens (tertiary/aromatic N) is 2. The number of amides is 1. The van der Waals surface area contributed by atoms with Crippen molar-refractivity contribution in [1.82, 2.24) is 15.2 Å². The van der Waals surface area contributed by atoms with Crippen LogP contribution in [-0.2, 0) is 0 Å². The molecule has 6 nitrogen and oxygen atoms in total. The van der Waals surface area contributed by atoms with E-state index in [1.807, 2.05) is 0 Å². The fourth-order valence-electron chi connectivity index (χ4n) is 2.96. The van der Waals surface area contributed by atoms with Gasteiger partial charge in [-0.05, 0) is 31.8 Å². The van der Waals surface area contributed by atoms with Crippen molar-refractivity contribution < 1.29 is 4.79 Å². The molecular formula is C12H19N5OS. The number of nitrogens with two attached hydrogens (primary N) is 1. The highest BCUT2D eigenvalue weighted by molar-refractivity contribution is 7.18. The van der Waals surface area contributed by atoms with E-state index < -0.39 is 0 Å². The number of rotatable bonds is 3. The first-order valence-electron chi connectivity index (χ1n) is 6.64. The first-order valence-corrected chi connectivity index (χ1v) is 7.46. The molecule has 2 bridgehead atoms. The van der Waals surface area contributed by atoms with Gasteiger partial charge in [-0.3, -0.25) is 4.79 Å². The predicted molar refractivity (Wildman–Crippen MR) is 76.5 cm³/mol. The lowest BCUT2D eigenvalue weighted by atomic mass is 9.84. The van der Waals surface area contributed by atoms with Gasteiger partial charge in [0.05, 0.1) is 0 Å².